The van der Waals surface area contributed by atoms with Gasteiger partial charge in [0.15, 0.2) is 0 Å². The monoisotopic (exact) mass is 441 g/mol. The molecular weight excluding hydrogens is 421 g/mol. The molecule has 29 heavy (non-hydrogen) atoms. The van der Waals surface area contributed by atoms with Crippen LogP contribution in [0.15, 0.2) is 47.4 Å². The van der Waals surface area contributed by atoms with Gasteiger partial charge in [0.2, 0.25) is 15.9 Å². The number of ether oxygens (including phenoxy) is 1. The maximum absolute atomic E-state index is 14.4. The molecule has 0 atom stereocenters. The van der Waals surface area contributed by atoms with Crippen molar-refractivity contribution in [2.24, 2.45) is 0 Å². The summed E-state index contributed by atoms with van der Waals surface area (Å²) in [6.45, 7) is 2.20. The molecule has 2 aromatic carbocycles. The van der Waals surface area contributed by atoms with Crippen LogP contribution in [-0.2, 0) is 19.6 Å². The maximum Gasteiger partial charge on any atom is 0.240 e. The van der Waals surface area contributed by atoms with Crippen LogP contribution in [0.25, 0.3) is 0 Å². The fraction of sp³-hybridized carbons (Fsp3) is 0.316. The van der Waals surface area contributed by atoms with Crippen molar-refractivity contribution in [2.75, 3.05) is 43.1 Å². The first-order chi connectivity index (χ1) is 13.8. The topological polar surface area (TPSA) is 87.7 Å². The normalized spacial score (nSPS) is 14.6. The van der Waals surface area contributed by atoms with E-state index in [4.69, 9.17) is 16.3 Å². The van der Waals surface area contributed by atoms with E-state index in [0.717, 1.165) is 0 Å². The first-order valence-electron chi connectivity index (χ1n) is 9.02. The highest BCUT2D eigenvalue weighted by Gasteiger charge is 2.17. The summed E-state index contributed by atoms with van der Waals surface area (Å²) in [6.07, 6.45) is -0.105. The van der Waals surface area contributed by atoms with Gasteiger partial charge >= 0.3 is 0 Å². The van der Waals surface area contributed by atoms with Gasteiger partial charge in [0.25, 0.3) is 0 Å². The number of carbonyl (C=O) groups is 1. The van der Waals surface area contributed by atoms with Gasteiger partial charge in [-0.2, -0.15) is 0 Å². The summed E-state index contributed by atoms with van der Waals surface area (Å²) in [5.74, 6) is -0.872. The predicted molar refractivity (Wildman–Crippen MR) is 109 cm³/mol. The second-order valence-corrected chi connectivity index (χ2v) is 8.62. The Balaban J connectivity index is 1.52. The molecule has 0 radical (unpaired) electrons. The van der Waals surface area contributed by atoms with Gasteiger partial charge in [0.1, 0.15) is 5.82 Å². The highest BCUT2D eigenvalue weighted by Crippen LogP contribution is 2.24. The first kappa shape index (κ1) is 21.5. The Morgan fingerprint density at radius 3 is 2.62 bits per heavy atom. The molecule has 0 saturated carbocycles. The van der Waals surface area contributed by atoms with Crippen molar-refractivity contribution in [1.82, 2.24) is 4.72 Å². The third-order valence-electron chi connectivity index (χ3n) is 4.33. The molecule has 1 fully saturated rings. The molecule has 7 nitrogen and oxygen atoms in total. The molecular formula is C19H21ClFN3O4S. The smallest absolute Gasteiger partial charge is 0.240 e. The summed E-state index contributed by atoms with van der Waals surface area (Å²) in [4.78, 5) is 14.0. The van der Waals surface area contributed by atoms with Gasteiger partial charge in [-0.3, -0.25) is 4.79 Å². The van der Waals surface area contributed by atoms with Crippen LogP contribution in [-0.4, -0.2) is 47.2 Å². The van der Waals surface area contributed by atoms with Crippen molar-refractivity contribution < 1.29 is 22.3 Å². The van der Waals surface area contributed by atoms with E-state index in [-0.39, 0.29) is 17.9 Å². The average molecular weight is 442 g/mol. The van der Waals surface area contributed by atoms with E-state index in [1.807, 2.05) is 4.90 Å². The molecule has 1 saturated heterocycles. The van der Waals surface area contributed by atoms with Gasteiger partial charge in [-0.1, -0.05) is 17.7 Å². The molecule has 156 valence electrons. The van der Waals surface area contributed by atoms with Gasteiger partial charge in [-0.05, 0) is 36.4 Å². The highest BCUT2D eigenvalue weighted by atomic mass is 35.5. The quantitative estimate of drug-likeness (QED) is 0.689. The summed E-state index contributed by atoms with van der Waals surface area (Å²) < 4.78 is 46.4. The van der Waals surface area contributed by atoms with Gasteiger partial charge in [0.05, 0.1) is 23.8 Å². The zero-order valence-electron chi connectivity index (χ0n) is 15.5. The number of morpholine rings is 1. The number of halogens is 2. The number of hydrogen-bond donors (Lipinski definition) is 2. The number of nitrogens with one attached hydrogen (secondary N) is 2. The zero-order valence-corrected chi connectivity index (χ0v) is 17.1. The summed E-state index contributed by atoms with van der Waals surface area (Å²) in [7, 11) is -3.77. The number of sulfonamides is 1. The lowest BCUT2D eigenvalue weighted by molar-refractivity contribution is -0.116. The Bertz CT molecular complexity index is 981. The van der Waals surface area contributed by atoms with Crippen molar-refractivity contribution >= 4 is 38.9 Å². The second kappa shape index (κ2) is 9.53. The molecule has 1 heterocycles. The third-order valence-corrected chi connectivity index (χ3v) is 6.03. The van der Waals surface area contributed by atoms with E-state index < -0.39 is 21.7 Å². The first-order valence-corrected chi connectivity index (χ1v) is 10.9. The molecule has 0 aromatic heterocycles. The van der Waals surface area contributed by atoms with Crippen LogP contribution in [0.2, 0.25) is 5.02 Å². The average Bonchev–Trinajstić information content (AvgIpc) is 2.68. The standard InChI is InChI=1S/C19H21ClFN3O4S/c20-14-2-1-3-16(12-14)29(26,27)22-7-6-19(25)23-15-4-5-18(17(21)13-15)24-8-10-28-11-9-24/h1-5,12-13,22H,6-11H2,(H,23,25). The Labute approximate surface area is 173 Å². The third kappa shape index (κ3) is 5.89. The number of amides is 1. The Kier molecular flexibility index (Phi) is 7.07. The Morgan fingerprint density at radius 2 is 1.93 bits per heavy atom. The van der Waals surface area contributed by atoms with Crippen molar-refractivity contribution in [1.29, 1.82) is 0 Å². The van der Waals surface area contributed by atoms with Crippen molar-refractivity contribution in [3.8, 4) is 0 Å². The van der Waals surface area contributed by atoms with Crippen LogP contribution >= 0.6 is 11.6 Å². The Morgan fingerprint density at radius 1 is 1.17 bits per heavy atom. The number of benzene rings is 2. The van der Waals surface area contributed by atoms with Crippen molar-refractivity contribution in [2.45, 2.75) is 11.3 Å². The molecule has 10 heteroatoms. The number of rotatable bonds is 7. The molecule has 3 rings (SSSR count). The molecule has 2 aromatic rings. The van der Waals surface area contributed by atoms with Gasteiger partial charge in [-0.15, -0.1) is 0 Å². The van der Waals surface area contributed by atoms with Crippen LogP contribution in [0, 0.1) is 5.82 Å². The van der Waals surface area contributed by atoms with E-state index in [9.17, 15) is 17.6 Å². The molecule has 0 bridgehead atoms. The van der Waals surface area contributed by atoms with E-state index in [0.29, 0.717) is 42.7 Å². The summed E-state index contributed by atoms with van der Waals surface area (Å²) >= 11 is 5.80. The number of hydrogen-bond acceptors (Lipinski definition) is 5. The minimum Gasteiger partial charge on any atom is -0.378 e. The number of carbonyl (C=O) groups excluding carboxylic acids is 1. The number of anilines is 2. The zero-order chi connectivity index (χ0) is 20.9. The van der Waals surface area contributed by atoms with Crippen molar-refractivity contribution in [3.05, 3.63) is 53.3 Å². The second-order valence-electron chi connectivity index (χ2n) is 6.42. The van der Waals surface area contributed by atoms with E-state index in [1.54, 1.807) is 18.2 Å². The van der Waals surface area contributed by atoms with E-state index in [2.05, 4.69) is 10.0 Å². The molecule has 1 amide bonds. The fourth-order valence-electron chi connectivity index (χ4n) is 2.89. The van der Waals surface area contributed by atoms with Crippen LogP contribution < -0.4 is 14.9 Å². The molecule has 0 aliphatic carbocycles. The van der Waals surface area contributed by atoms with Gasteiger partial charge in [-0.25, -0.2) is 17.5 Å². The van der Waals surface area contributed by atoms with Crippen LogP contribution in [0.5, 0.6) is 0 Å². The van der Waals surface area contributed by atoms with Crippen molar-refractivity contribution in [3.63, 3.8) is 0 Å². The molecule has 0 unspecified atom stereocenters. The summed E-state index contributed by atoms with van der Waals surface area (Å²) in [5.41, 5.74) is 0.766. The highest BCUT2D eigenvalue weighted by molar-refractivity contribution is 7.89. The predicted octanol–water partition coefficient (Wildman–Crippen LogP) is 2.62. The Hall–Kier alpha value is -2.20. The lowest BCUT2D eigenvalue weighted by Crippen LogP contribution is -2.36. The van der Waals surface area contributed by atoms with Crippen LogP contribution in [0.1, 0.15) is 6.42 Å². The minimum absolute atomic E-state index is 0.0196. The lowest BCUT2D eigenvalue weighted by atomic mass is 10.2. The van der Waals surface area contributed by atoms with Crippen LogP contribution in [0.4, 0.5) is 15.8 Å². The number of nitrogens with zero attached hydrogens (tertiary/aromatic N) is 1. The molecule has 1 aliphatic heterocycles. The fourth-order valence-corrected chi connectivity index (χ4v) is 4.22. The minimum atomic E-state index is -3.77. The largest absolute Gasteiger partial charge is 0.378 e. The summed E-state index contributed by atoms with van der Waals surface area (Å²) in [6, 6.07) is 10.3. The van der Waals surface area contributed by atoms with Gasteiger partial charge < -0.3 is 15.0 Å². The van der Waals surface area contributed by atoms with E-state index in [1.165, 1.54) is 24.3 Å². The van der Waals surface area contributed by atoms with Crippen LogP contribution in [0.3, 0.4) is 0 Å². The molecule has 0 spiro atoms. The SMILES string of the molecule is O=C(CCNS(=O)(=O)c1cccc(Cl)c1)Nc1ccc(N2CCOCC2)c(F)c1. The summed E-state index contributed by atoms with van der Waals surface area (Å²) in [5, 5.41) is 2.87. The molecule has 2 N–H and O–H groups in total. The molecule has 1 aliphatic rings. The maximum atomic E-state index is 14.4. The van der Waals surface area contributed by atoms with Gasteiger partial charge in [0, 0.05) is 36.8 Å². The van der Waals surface area contributed by atoms with E-state index >= 15 is 0 Å². The lowest BCUT2D eigenvalue weighted by Gasteiger charge is -2.29.